The van der Waals surface area contributed by atoms with Crippen LogP contribution in [0.25, 0.3) is 15.2 Å². The summed E-state index contributed by atoms with van der Waals surface area (Å²) in [7, 11) is 1.43. The monoisotopic (exact) mass is 554 g/mol. The molecule has 1 atom stereocenters. The molecule has 13 heteroatoms. The van der Waals surface area contributed by atoms with Crippen LogP contribution in [0.15, 0.2) is 46.2 Å². The molecule has 1 N–H and O–H groups in total. The number of hydrogen-bond donors (Lipinski definition) is 1. The Kier molecular flexibility index (Phi) is 8.58. The molecule has 39 heavy (non-hydrogen) atoms. The summed E-state index contributed by atoms with van der Waals surface area (Å²) in [5.74, 6) is -0.694. The van der Waals surface area contributed by atoms with Crippen LogP contribution in [0.3, 0.4) is 0 Å². The average Bonchev–Trinajstić information content (AvgIpc) is 3.56. The maximum atomic E-state index is 14.3. The number of carbonyl (C=O) groups excluding carboxylic acids is 1. The van der Waals surface area contributed by atoms with E-state index in [1.807, 2.05) is 6.07 Å². The lowest BCUT2D eigenvalue weighted by Crippen LogP contribution is -2.44. The van der Waals surface area contributed by atoms with Gasteiger partial charge >= 0.3 is 5.69 Å². The first-order chi connectivity index (χ1) is 18.8. The molecule has 4 rings (SSSR count). The quantitative estimate of drug-likeness (QED) is 0.282. The van der Waals surface area contributed by atoms with E-state index in [-0.39, 0.29) is 25.0 Å². The van der Waals surface area contributed by atoms with Gasteiger partial charge in [-0.2, -0.15) is 10.4 Å². The number of aromatic nitrogens is 4. The number of aryl methyl sites for hydroxylation is 1. The number of likely N-dealkylation sites (N-methyl/N-ethyl adjacent to an activating group) is 1. The van der Waals surface area contributed by atoms with Crippen LogP contribution in [-0.2, 0) is 22.6 Å². The first-order valence-corrected chi connectivity index (χ1v) is 13.0. The molecule has 11 nitrogen and oxygen atoms in total. The summed E-state index contributed by atoms with van der Waals surface area (Å²) in [4.78, 5) is 40.1. The Labute approximate surface area is 226 Å². The number of carbonyl (C=O) groups is 1. The van der Waals surface area contributed by atoms with Gasteiger partial charge in [-0.05, 0) is 38.1 Å². The standard InChI is InChI=1S/C26H27FN6O5S/c1-4-29-21(34)15-31-23(35)22-16(2)24(33-11-6-10-30-33)39-25(22)32(26(31)36)14-20(38-12-5-9-28)18-13-17(27)7-8-19(18)37-3/h6-8,10-11,13,20H,4-5,12,14-15H2,1-3H3,(H,29,34)/t20-/m0/s1. The summed E-state index contributed by atoms with van der Waals surface area (Å²) in [5, 5.41) is 16.8. The molecule has 3 heterocycles. The predicted molar refractivity (Wildman–Crippen MR) is 143 cm³/mol. The fourth-order valence-corrected chi connectivity index (χ4v) is 5.54. The third kappa shape index (κ3) is 5.62. The molecular weight excluding hydrogens is 527 g/mol. The molecule has 0 saturated heterocycles. The summed E-state index contributed by atoms with van der Waals surface area (Å²) >= 11 is 1.19. The smallest absolute Gasteiger partial charge is 0.332 e. The number of thiophene rings is 1. The maximum Gasteiger partial charge on any atom is 0.332 e. The predicted octanol–water partition coefficient (Wildman–Crippen LogP) is 2.67. The van der Waals surface area contributed by atoms with Gasteiger partial charge in [-0.1, -0.05) is 11.3 Å². The van der Waals surface area contributed by atoms with Gasteiger partial charge in [0.2, 0.25) is 5.91 Å². The first kappa shape index (κ1) is 27.7. The first-order valence-electron chi connectivity index (χ1n) is 12.2. The second-order valence-electron chi connectivity index (χ2n) is 8.55. The highest BCUT2D eigenvalue weighted by Gasteiger charge is 2.26. The van der Waals surface area contributed by atoms with Gasteiger partial charge in [0.15, 0.2) is 0 Å². The Balaban J connectivity index is 1.95. The summed E-state index contributed by atoms with van der Waals surface area (Å²) < 4.78 is 29.5. The zero-order valence-electron chi connectivity index (χ0n) is 21.6. The van der Waals surface area contributed by atoms with Crippen LogP contribution in [0.5, 0.6) is 5.75 Å². The molecule has 3 aromatic heterocycles. The highest BCUT2D eigenvalue weighted by Crippen LogP contribution is 2.34. The van der Waals surface area contributed by atoms with E-state index in [0.29, 0.717) is 33.3 Å². The molecular formula is C26H27FN6O5S. The van der Waals surface area contributed by atoms with Crippen molar-refractivity contribution in [1.82, 2.24) is 24.2 Å². The van der Waals surface area contributed by atoms with Crippen molar-refractivity contribution in [3.05, 3.63) is 74.4 Å². The number of hydrogen-bond acceptors (Lipinski definition) is 8. The summed E-state index contributed by atoms with van der Waals surface area (Å²) in [6.45, 7) is 3.21. The van der Waals surface area contributed by atoms with E-state index < -0.39 is 35.6 Å². The lowest BCUT2D eigenvalue weighted by atomic mass is 10.1. The molecule has 1 amide bonds. The second-order valence-corrected chi connectivity index (χ2v) is 9.53. The summed E-state index contributed by atoms with van der Waals surface area (Å²) in [6, 6.07) is 7.67. The Morgan fingerprint density at radius 2 is 2.10 bits per heavy atom. The molecule has 0 unspecified atom stereocenters. The van der Waals surface area contributed by atoms with Crippen molar-refractivity contribution in [1.29, 1.82) is 5.26 Å². The molecule has 0 aliphatic rings. The zero-order valence-corrected chi connectivity index (χ0v) is 22.5. The minimum Gasteiger partial charge on any atom is -0.496 e. The SMILES string of the molecule is CCNC(=O)Cn1c(=O)c2c(C)c(-n3cccn3)sc2n(C[C@H](OCCC#N)c2cc(F)ccc2OC)c1=O. The number of halogens is 1. The van der Waals surface area contributed by atoms with Crippen LogP contribution >= 0.6 is 11.3 Å². The molecule has 0 spiro atoms. The van der Waals surface area contributed by atoms with Crippen molar-refractivity contribution in [3.63, 3.8) is 0 Å². The molecule has 4 aromatic rings. The minimum absolute atomic E-state index is 0.0132. The van der Waals surface area contributed by atoms with E-state index >= 15 is 0 Å². The van der Waals surface area contributed by atoms with Crippen molar-refractivity contribution in [3.8, 4) is 16.8 Å². The van der Waals surface area contributed by atoms with E-state index in [0.717, 1.165) is 4.57 Å². The van der Waals surface area contributed by atoms with Crippen molar-refractivity contribution in [2.75, 3.05) is 20.3 Å². The van der Waals surface area contributed by atoms with Gasteiger partial charge in [0.05, 0.1) is 38.1 Å². The molecule has 0 saturated carbocycles. The van der Waals surface area contributed by atoms with Crippen LogP contribution in [0.2, 0.25) is 0 Å². The Morgan fingerprint density at radius 3 is 2.77 bits per heavy atom. The Bertz CT molecular complexity index is 1650. The highest BCUT2D eigenvalue weighted by atomic mass is 32.1. The highest BCUT2D eigenvalue weighted by molar-refractivity contribution is 7.21. The van der Waals surface area contributed by atoms with E-state index in [4.69, 9.17) is 14.7 Å². The van der Waals surface area contributed by atoms with Gasteiger partial charge in [0.1, 0.15) is 34.0 Å². The van der Waals surface area contributed by atoms with Gasteiger partial charge in [-0.25, -0.2) is 13.9 Å². The molecule has 204 valence electrons. The van der Waals surface area contributed by atoms with Crippen molar-refractivity contribution < 1.29 is 18.7 Å². The number of rotatable bonds is 11. The molecule has 0 radical (unpaired) electrons. The number of nitriles is 1. The van der Waals surface area contributed by atoms with E-state index in [9.17, 15) is 18.8 Å². The van der Waals surface area contributed by atoms with Gasteiger partial charge in [-0.3, -0.25) is 18.7 Å². The lowest BCUT2D eigenvalue weighted by molar-refractivity contribution is -0.121. The van der Waals surface area contributed by atoms with Gasteiger partial charge < -0.3 is 14.8 Å². The fraction of sp³-hybridized carbons (Fsp3) is 0.346. The van der Waals surface area contributed by atoms with Crippen LogP contribution in [0.1, 0.15) is 30.6 Å². The van der Waals surface area contributed by atoms with Crippen LogP contribution in [-0.4, -0.2) is 45.1 Å². The topological polar surface area (TPSA) is 133 Å². The molecule has 0 fully saturated rings. The van der Waals surface area contributed by atoms with Gasteiger partial charge in [-0.15, -0.1) is 0 Å². The fourth-order valence-electron chi connectivity index (χ4n) is 4.30. The Morgan fingerprint density at radius 1 is 1.31 bits per heavy atom. The average molecular weight is 555 g/mol. The Hall–Kier alpha value is -4.28. The second kappa shape index (κ2) is 12.1. The number of nitrogens with one attached hydrogen (secondary N) is 1. The normalized spacial score (nSPS) is 11.9. The third-order valence-corrected chi connectivity index (χ3v) is 7.38. The third-order valence-electron chi connectivity index (χ3n) is 6.08. The van der Waals surface area contributed by atoms with Crippen molar-refractivity contribution in [2.45, 2.75) is 39.5 Å². The molecule has 0 aliphatic heterocycles. The number of benzene rings is 1. The van der Waals surface area contributed by atoms with Gasteiger partial charge in [0.25, 0.3) is 5.56 Å². The minimum atomic E-state index is -0.920. The molecule has 0 aliphatic carbocycles. The van der Waals surface area contributed by atoms with E-state index in [1.165, 1.54) is 41.2 Å². The van der Waals surface area contributed by atoms with Crippen LogP contribution in [0.4, 0.5) is 4.39 Å². The summed E-state index contributed by atoms with van der Waals surface area (Å²) in [6.07, 6.45) is 2.46. The number of nitrogens with zero attached hydrogens (tertiary/aromatic N) is 5. The number of amides is 1. The van der Waals surface area contributed by atoms with Crippen molar-refractivity contribution in [2.24, 2.45) is 0 Å². The number of fused-ring (bicyclic) bond motifs is 1. The zero-order chi connectivity index (χ0) is 28.1. The number of methoxy groups -OCH3 is 1. The van der Waals surface area contributed by atoms with Crippen molar-refractivity contribution >= 4 is 27.5 Å². The largest absolute Gasteiger partial charge is 0.496 e. The van der Waals surface area contributed by atoms with Gasteiger partial charge in [0, 0.05) is 30.1 Å². The van der Waals surface area contributed by atoms with Crippen LogP contribution in [0, 0.1) is 24.1 Å². The summed E-state index contributed by atoms with van der Waals surface area (Å²) in [5.41, 5.74) is -0.406. The molecule has 0 bridgehead atoms. The van der Waals surface area contributed by atoms with E-state index in [2.05, 4.69) is 10.4 Å². The number of ether oxygens (including phenoxy) is 2. The maximum absolute atomic E-state index is 14.3. The lowest BCUT2D eigenvalue weighted by Gasteiger charge is -2.22. The molecule has 1 aromatic carbocycles. The van der Waals surface area contributed by atoms with Crippen LogP contribution < -0.4 is 21.3 Å². The van der Waals surface area contributed by atoms with E-state index in [1.54, 1.807) is 37.0 Å².